The lowest BCUT2D eigenvalue weighted by atomic mass is 9.67. The third kappa shape index (κ3) is 5.23. The Bertz CT molecular complexity index is 872. The smallest absolute Gasteiger partial charge is 0.0991 e. The van der Waals surface area contributed by atoms with E-state index < -0.39 is 0 Å². The molecule has 2 aromatic rings. The van der Waals surface area contributed by atoms with Crippen LogP contribution in [-0.2, 0) is 6.42 Å². The van der Waals surface area contributed by atoms with E-state index in [1.165, 1.54) is 80.9 Å². The van der Waals surface area contributed by atoms with Gasteiger partial charge in [0.15, 0.2) is 0 Å². The van der Waals surface area contributed by atoms with Gasteiger partial charge in [-0.25, -0.2) is 0 Å². The van der Waals surface area contributed by atoms with Crippen LogP contribution in [0.5, 0.6) is 0 Å². The van der Waals surface area contributed by atoms with Gasteiger partial charge in [0.05, 0.1) is 11.6 Å². The molecule has 0 radical (unpaired) electrons. The number of rotatable bonds is 6. The molecule has 2 aliphatic carbocycles. The summed E-state index contributed by atoms with van der Waals surface area (Å²) in [5.41, 5.74) is 6.38. The van der Waals surface area contributed by atoms with Crippen molar-refractivity contribution in [3.63, 3.8) is 0 Å². The molecule has 164 valence electrons. The number of aryl methyl sites for hydroxylation is 1. The second-order valence-corrected chi connectivity index (χ2v) is 10.1. The zero-order valence-corrected chi connectivity index (χ0v) is 19.6. The van der Waals surface area contributed by atoms with Crippen LogP contribution in [0.4, 0.5) is 0 Å². The Kier molecular flexibility index (Phi) is 7.49. The summed E-state index contributed by atoms with van der Waals surface area (Å²) in [6, 6.07) is 17.4. The van der Waals surface area contributed by atoms with E-state index in [9.17, 15) is 0 Å². The molecule has 0 aromatic heterocycles. The molecule has 0 heterocycles. The topological polar surface area (TPSA) is 23.8 Å². The van der Waals surface area contributed by atoms with Gasteiger partial charge in [0.25, 0.3) is 0 Å². The fourth-order valence-electron chi connectivity index (χ4n) is 6.47. The Morgan fingerprint density at radius 2 is 1.39 bits per heavy atom. The minimum Gasteiger partial charge on any atom is -0.192 e. The number of hydrogen-bond donors (Lipinski definition) is 0. The molecular weight excluding hydrogens is 374 g/mol. The largest absolute Gasteiger partial charge is 0.192 e. The van der Waals surface area contributed by atoms with Gasteiger partial charge in [-0.3, -0.25) is 0 Å². The molecule has 0 saturated heterocycles. The molecule has 1 heteroatoms. The van der Waals surface area contributed by atoms with E-state index >= 15 is 0 Å². The molecule has 0 N–H and O–H groups in total. The molecule has 0 spiro atoms. The Labute approximate surface area is 189 Å². The lowest BCUT2D eigenvalue weighted by molar-refractivity contribution is 0.156. The van der Waals surface area contributed by atoms with Crippen molar-refractivity contribution in [1.82, 2.24) is 0 Å². The standard InChI is InChI=1S/C30H39N/c1-3-5-22-6-10-25(11-7-22)26-15-17-28(18-16-26)30-20-29(19-14-24(30)4-2)27-12-8-23(21-31)9-13-27/h8-9,12-14,19-20,22,25-26,28H,3-7,10-11,15-18H2,1-2H3. The molecule has 0 atom stereocenters. The summed E-state index contributed by atoms with van der Waals surface area (Å²) in [4.78, 5) is 0. The van der Waals surface area contributed by atoms with Crippen LogP contribution in [0.25, 0.3) is 11.1 Å². The number of nitrogens with zero attached hydrogens (tertiary/aromatic N) is 1. The Hall–Kier alpha value is -2.07. The van der Waals surface area contributed by atoms with E-state index in [1.807, 2.05) is 12.1 Å². The predicted octanol–water partition coefficient (Wildman–Crippen LogP) is 8.67. The summed E-state index contributed by atoms with van der Waals surface area (Å²) in [7, 11) is 0. The molecule has 2 saturated carbocycles. The summed E-state index contributed by atoms with van der Waals surface area (Å²) in [5, 5.41) is 9.08. The average Bonchev–Trinajstić information content (AvgIpc) is 2.84. The first kappa shape index (κ1) is 22.1. The molecule has 1 nitrogen and oxygen atoms in total. The van der Waals surface area contributed by atoms with Crippen molar-refractivity contribution in [3.05, 3.63) is 59.2 Å². The van der Waals surface area contributed by atoms with Gasteiger partial charge in [0.2, 0.25) is 0 Å². The second-order valence-electron chi connectivity index (χ2n) is 10.1. The summed E-state index contributed by atoms with van der Waals surface area (Å²) < 4.78 is 0. The van der Waals surface area contributed by atoms with Crippen LogP contribution in [0.15, 0.2) is 42.5 Å². The molecule has 0 amide bonds. The number of benzene rings is 2. The van der Waals surface area contributed by atoms with Gasteiger partial charge in [-0.05, 0) is 103 Å². The second kappa shape index (κ2) is 10.5. The van der Waals surface area contributed by atoms with Crippen LogP contribution in [-0.4, -0.2) is 0 Å². The van der Waals surface area contributed by atoms with Gasteiger partial charge in [-0.2, -0.15) is 5.26 Å². The fourth-order valence-corrected chi connectivity index (χ4v) is 6.47. The fraction of sp³-hybridized carbons (Fsp3) is 0.567. The van der Waals surface area contributed by atoms with Gasteiger partial charge < -0.3 is 0 Å². The van der Waals surface area contributed by atoms with E-state index in [-0.39, 0.29) is 0 Å². The molecule has 0 aliphatic heterocycles. The molecule has 2 aromatic carbocycles. The normalized spacial score (nSPS) is 26.4. The maximum absolute atomic E-state index is 9.08. The van der Waals surface area contributed by atoms with Crippen molar-refractivity contribution < 1.29 is 0 Å². The molecule has 31 heavy (non-hydrogen) atoms. The summed E-state index contributed by atoms with van der Waals surface area (Å²) >= 11 is 0. The van der Waals surface area contributed by atoms with Crippen LogP contribution in [0.3, 0.4) is 0 Å². The maximum atomic E-state index is 9.08. The van der Waals surface area contributed by atoms with Gasteiger partial charge >= 0.3 is 0 Å². The van der Waals surface area contributed by atoms with Crippen LogP contribution in [0.1, 0.15) is 101 Å². The third-order valence-corrected chi connectivity index (χ3v) is 8.34. The molecule has 4 rings (SSSR count). The van der Waals surface area contributed by atoms with Crippen molar-refractivity contribution in [3.8, 4) is 17.2 Å². The summed E-state index contributed by atoms with van der Waals surface area (Å²) in [6.07, 6.45) is 15.5. The Balaban J connectivity index is 1.42. The zero-order valence-electron chi connectivity index (χ0n) is 19.6. The first-order valence-corrected chi connectivity index (χ1v) is 12.8. The number of nitriles is 1. The minimum absolute atomic E-state index is 0.723. The van der Waals surface area contributed by atoms with E-state index in [4.69, 9.17) is 5.26 Å². The lowest BCUT2D eigenvalue weighted by Gasteiger charge is -2.38. The van der Waals surface area contributed by atoms with Gasteiger partial charge in [0.1, 0.15) is 0 Å². The minimum atomic E-state index is 0.723. The van der Waals surface area contributed by atoms with Crippen molar-refractivity contribution in [1.29, 1.82) is 5.26 Å². The Morgan fingerprint density at radius 3 is 1.97 bits per heavy atom. The Morgan fingerprint density at radius 1 is 0.774 bits per heavy atom. The van der Waals surface area contributed by atoms with Gasteiger partial charge in [-0.1, -0.05) is 69.9 Å². The highest BCUT2D eigenvalue weighted by molar-refractivity contribution is 5.66. The van der Waals surface area contributed by atoms with Crippen LogP contribution >= 0.6 is 0 Å². The monoisotopic (exact) mass is 413 g/mol. The highest BCUT2D eigenvalue weighted by Crippen LogP contribution is 2.45. The van der Waals surface area contributed by atoms with E-state index in [1.54, 1.807) is 5.56 Å². The highest BCUT2D eigenvalue weighted by Gasteiger charge is 2.31. The maximum Gasteiger partial charge on any atom is 0.0991 e. The molecule has 2 fully saturated rings. The van der Waals surface area contributed by atoms with Crippen molar-refractivity contribution in [2.24, 2.45) is 17.8 Å². The third-order valence-electron chi connectivity index (χ3n) is 8.34. The lowest BCUT2D eigenvalue weighted by Crippen LogP contribution is -2.25. The van der Waals surface area contributed by atoms with Gasteiger partial charge in [0, 0.05) is 0 Å². The van der Waals surface area contributed by atoms with E-state index in [0.717, 1.165) is 35.7 Å². The van der Waals surface area contributed by atoms with E-state index in [0.29, 0.717) is 0 Å². The summed E-state index contributed by atoms with van der Waals surface area (Å²) in [6.45, 7) is 4.63. The molecule has 0 bridgehead atoms. The first-order chi connectivity index (χ1) is 15.2. The zero-order chi connectivity index (χ0) is 21.6. The predicted molar refractivity (Wildman–Crippen MR) is 131 cm³/mol. The number of hydrogen-bond acceptors (Lipinski definition) is 1. The molecular formula is C30H39N. The SMILES string of the molecule is CCCC1CCC(C2CCC(c3cc(-c4ccc(C#N)cc4)ccc3CC)CC2)CC1. The van der Waals surface area contributed by atoms with Gasteiger partial charge in [-0.15, -0.1) is 0 Å². The molecule has 0 unspecified atom stereocenters. The van der Waals surface area contributed by atoms with Crippen LogP contribution in [0, 0.1) is 29.1 Å². The van der Waals surface area contributed by atoms with Crippen LogP contribution < -0.4 is 0 Å². The molecule has 2 aliphatic rings. The van der Waals surface area contributed by atoms with Crippen molar-refractivity contribution in [2.45, 2.75) is 90.4 Å². The quantitative estimate of drug-likeness (QED) is 0.464. The average molecular weight is 414 g/mol. The van der Waals surface area contributed by atoms with E-state index in [2.05, 4.69) is 50.2 Å². The summed E-state index contributed by atoms with van der Waals surface area (Å²) in [5.74, 6) is 3.73. The highest BCUT2D eigenvalue weighted by atomic mass is 14.4. The van der Waals surface area contributed by atoms with Crippen molar-refractivity contribution in [2.75, 3.05) is 0 Å². The first-order valence-electron chi connectivity index (χ1n) is 12.8. The van der Waals surface area contributed by atoms with Crippen LogP contribution in [0.2, 0.25) is 0 Å². The van der Waals surface area contributed by atoms with Crippen molar-refractivity contribution >= 4 is 0 Å².